The lowest BCUT2D eigenvalue weighted by Crippen LogP contribution is -2.39. The number of carbonyl (C=O) groups excluding carboxylic acids is 2. The van der Waals surface area contributed by atoms with E-state index in [9.17, 15) is 9.59 Å². The van der Waals surface area contributed by atoms with Crippen LogP contribution >= 0.6 is 24.8 Å². The molecule has 3 N–H and O–H groups in total. The Bertz CT molecular complexity index is 789. The maximum Gasteiger partial charge on any atom is 0.259 e. The average molecular weight is 413 g/mol. The number of methoxy groups -OCH3 is 1. The van der Waals surface area contributed by atoms with Crippen LogP contribution in [-0.2, 0) is 16.0 Å². The third-order valence-corrected chi connectivity index (χ3v) is 4.08. The number of halogens is 2. The van der Waals surface area contributed by atoms with E-state index in [2.05, 4.69) is 10.3 Å². The lowest BCUT2D eigenvalue weighted by atomic mass is 10.1. The Morgan fingerprint density at radius 3 is 2.78 bits per heavy atom. The van der Waals surface area contributed by atoms with Gasteiger partial charge in [0.05, 0.1) is 12.2 Å². The number of aromatic nitrogens is 1. The Balaban J connectivity index is 0.00000182. The maximum absolute atomic E-state index is 12.6. The Kier molecular flexibility index (Phi) is 8.65. The second-order valence-corrected chi connectivity index (χ2v) is 5.84. The Hall–Kier alpha value is -2.19. The summed E-state index contributed by atoms with van der Waals surface area (Å²) >= 11 is 0. The fourth-order valence-corrected chi connectivity index (χ4v) is 2.83. The summed E-state index contributed by atoms with van der Waals surface area (Å²) in [6.07, 6.45) is 3.93. The first-order valence-corrected chi connectivity index (χ1v) is 8.00. The molecule has 0 fully saturated rings. The second kappa shape index (κ2) is 10.2. The zero-order valence-electron chi connectivity index (χ0n) is 14.8. The van der Waals surface area contributed by atoms with Gasteiger partial charge in [-0.1, -0.05) is 0 Å². The number of pyridine rings is 1. The van der Waals surface area contributed by atoms with Gasteiger partial charge in [0.15, 0.2) is 0 Å². The van der Waals surface area contributed by atoms with Crippen LogP contribution in [0.5, 0.6) is 0 Å². The summed E-state index contributed by atoms with van der Waals surface area (Å²) in [7, 11) is 1.50. The minimum atomic E-state index is -0.720. The molecule has 7 nitrogen and oxygen atoms in total. The van der Waals surface area contributed by atoms with Gasteiger partial charge in [0.2, 0.25) is 5.91 Å². The summed E-state index contributed by atoms with van der Waals surface area (Å²) in [4.78, 5) is 30.3. The van der Waals surface area contributed by atoms with E-state index in [1.165, 1.54) is 7.11 Å². The van der Waals surface area contributed by atoms with Gasteiger partial charge in [-0.2, -0.15) is 0 Å². The number of nitrogens with zero attached hydrogens (tertiary/aromatic N) is 2. The topological polar surface area (TPSA) is 97.5 Å². The van der Waals surface area contributed by atoms with Gasteiger partial charge in [0.25, 0.3) is 5.91 Å². The largest absolute Gasteiger partial charge is 0.383 e. The third-order valence-electron chi connectivity index (χ3n) is 4.08. The van der Waals surface area contributed by atoms with Crippen molar-refractivity contribution in [3.8, 4) is 0 Å². The number of benzene rings is 1. The zero-order valence-corrected chi connectivity index (χ0v) is 16.4. The summed E-state index contributed by atoms with van der Waals surface area (Å²) in [5.74, 6) is -0.381. The number of carbonyl (C=O) groups is 2. The fraction of sp³-hybridized carbons (Fsp3) is 0.278. The number of hydrogen-bond donors (Lipinski definition) is 2. The van der Waals surface area contributed by atoms with Crippen LogP contribution in [0.2, 0.25) is 0 Å². The highest BCUT2D eigenvalue weighted by atomic mass is 35.5. The molecule has 9 heteroatoms. The average Bonchev–Trinajstić information content (AvgIpc) is 3.05. The van der Waals surface area contributed by atoms with Crippen molar-refractivity contribution in [2.45, 2.75) is 12.5 Å². The second-order valence-electron chi connectivity index (χ2n) is 5.84. The summed E-state index contributed by atoms with van der Waals surface area (Å²) in [5, 5.41) is 2.77. The molecule has 1 aromatic carbocycles. The monoisotopic (exact) mass is 412 g/mol. The molecule has 0 bridgehead atoms. The van der Waals surface area contributed by atoms with Crippen LogP contribution in [0.1, 0.15) is 15.9 Å². The lowest BCUT2D eigenvalue weighted by Gasteiger charge is -2.18. The summed E-state index contributed by atoms with van der Waals surface area (Å²) in [6, 6.07) is 8.26. The molecule has 0 saturated carbocycles. The fourth-order valence-electron chi connectivity index (χ4n) is 2.83. The molecule has 1 unspecified atom stereocenters. The highest BCUT2D eigenvalue weighted by molar-refractivity contribution is 6.07. The van der Waals surface area contributed by atoms with Crippen molar-refractivity contribution >= 4 is 48.0 Å². The maximum atomic E-state index is 12.6. The molecule has 1 aromatic heterocycles. The number of amides is 2. The Labute approximate surface area is 170 Å². The van der Waals surface area contributed by atoms with Crippen molar-refractivity contribution in [2.75, 3.05) is 30.5 Å². The number of anilines is 2. The van der Waals surface area contributed by atoms with Crippen LogP contribution in [0.25, 0.3) is 0 Å². The van der Waals surface area contributed by atoms with Crippen LogP contribution in [0.3, 0.4) is 0 Å². The molecule has 0 saturated heterocycles. The summed E-state index contributed by atoms with van der Waals surface area (Å²) in [5.41, 5.74) is 8.80. The Morgan fingerprint density at radius 2 is 2.11 bits per heavy atom. The molecule has 0 aliphatic carbocycles. The molecule has 2 amide bonds. The molecule has 1 atom stereocenters. The zero-order chi connectivity index (χ0) is 17.8. The predicted molar refractivity (Wildman–Crippen MR) is 109 cm³/mol. The number of ether oxygens (including phenoxy) is 1. The van der Waals surface area contributed by atoms with E-state index < -0.39 is 6.04 Å². The molecular formula is C18H22Cl2N4O3. The summed E-state index contributed by atoms with van der Waals surface area (Å²) in [6.45, 7) is 0.758. The number of nitrogens with one attached hydrogen (secondary N) is 1. The quantitative estimate of drug-likeness (QED) is 0.782. The highest BCUT2D eigenvalue weighted by Gasteiger charge is 2.26. The van der Waals surface area contributed by atoms with Gasteiger partial charge in [0.1, 0.15) is 6.04 Å². The minimum Gasteiger partial charge on any atom is -0.383 e. The SMILES string of the molecule is COCC(N)C(=O)Nc1ccc2c(c1)CCN2C(=O)c1cccnc1.Cl.Cl. The van der Waals surface area contributed by atoms with Crippen molar-refractivity contribution in [1.82, 2.24) is 4.98 Å². The van der Waals surface area contributed by atoms with Crippen molar-refractivity contribution in [2.24, 2.45) is 5.73 Å². The van der Waals surface area contributed by atoms with Gasteiger partial charge in [0, 0.05) is 37.4 Å². The highest BCUT2D eigenvalue weighted by Crippen LogP contribution is 2.31. The predicted octanol–water partition coefficient (Wildman–Crippen LogP) is 2.04. The molecule has 2 heterocycles. The number of nitrogens with two attached hydrogens (primary N) is 1. The van der Waals surface area contributed by atoms with Crippen molar-refractivity contribution in [3.63, 3.8) is 0 Å². The number of fused-ring (bicyclic) bond motifs is 1. The number of rotatable bonds is 5. The van der Waals surface area contributed by atoms with Crippen LogP contribution < -0.4 is 16.0 Å². The van der Waals surface area contributed by atoms with Gasteiger partial charge in [-0.3, -0.25) is 14.6 Å². The first-order chi connectivity index (χ1) is 12.1. The molecule has 2 aromatic rings. The van der Waals surface area contributed by atoms with E-state index in [-0.39, 0.29) is 43.2 Å². The lowest BCUT2D eigenvalue weighted by molar-refractivity contribution is -0.118. The normalized spacial score (nSPS) is 13.0. The van der Waals surface area contributed by atoms with Gasteiger partial charge < -0.3 is 20.7 Å². The van der Waals surface area contributed by atoms with Gasteiger partial charge in [-0.15, -0.1) is 24.8 Å². The minimum absolute atomic E-state index is 0. The first kappa shape index (κ1) is 22.9. The van der Waals surface area contributed by atoms with E-state index in [4.69, 9.17) is 10.5 Å². The van der Waals surface area contributed by atoms with E-state index in [0.29, 0.717) is 17.8 Å². The molecule has 3 rings (SSSR count). The van der Waals surface area contributed by atoms with Gasteiger partial charge in [-0.25, -0.2) is 0 Å². The molecule has 1 aliphatic rings. The van der Waals surface area contributed by atoms with Crippen molar-refractivity contribution < 1.29 is 14.3 Å². The molecule has 27 heavy (non-hydrogen) atoms. The molecular weight excluding hydrogens is 391 g/mol. The standard InChI is InChI=1S/C18H20N4O3.2ClH/c1-25-11-15(19)17(23)21-14-4-5-16-12(9-14)6-8-22(16)18(24)13-3-2-7-20-10-13;;/h2-5,7,9-10,15H,6,8,11,19H2,1H3,(H,21,23);2*1H. The Morgan fingerprint density at radius 1 is 1.33 bits per heavy atom. The van der Waals surface area contributed by atoms with Crippen LogP contribution in [0, 0.1) is 0 Å². The van der Waals surface area contributed by atoms with Crippen LogP contribution in [0.15, 0.2) is 42.7 Å². The van der Waals surface area contributed by atoms with E-state index in [0.717, 1.165) is 17.7 Å². The molecule has 0 spiro atoms. The van der Waals surface area contributed by atoms with Gasteiger partial charge >= 0.3 is 0 Å². The van der Waals surface area contributed by atoms with Crippen molar-refractivity contribution in [1.29, 1.82) is 0 Å². The van der Waals surface area contributed by atoms with E-state index >= 15 is 0 Å². The molecule has 146 valence electrons. The first-order valence-electron chi connectivity index (χ1n) is 8.00. The molecule has 0 radical (unpaired) electrons. The van der Waals surface area contributed by atoms with E-state index in [1.807, 2.05) is 12.1 Å². The summed E-state index contributed by atoms with van der Waals surface area (Å²) < 4.78 is 4.88. The van der Waals surface area contributed by atoms with Crippen LogP contribution in [0.4, 0.5) is 11.4 Å². The smallest absolute Gasteiger partial charge is 0.259 e. The third kappa shape index (κ3) is 5.17. The van der Waals surface area contributed by atoms with Crippen LogP contribution in [-0.4, -0.2) is 43.1 Å². The number of hydrogen-bond acceptors (Lipinski definition) is 5. The van der Waals surface area contributed by atoms with Gasteiger partial charge in [-0.05, 0) is 42.3 Å². The molecule has 1 aliphatic heterocycles. The van der Waals surface area contributed by atoms with E-state index in [1.54, 1.807) is 35.5 Å². The van der Waals surface area contributed by atoms with Crippen molar-refractivity contribution in [3.05, 3.63) is 53.9 Å².